The van der Waals surface area contributed by atoms with Gasteiger partial charge >= 0.3 is 0 Å². The van der Waals surface area contributed by atoms with Crippen molar-refractivity contribution >= 4 is 27.5 Å². The van der Waals surface area contributed by atoms with Gasteiger partial charge in [0.1, 0.15) is 0 Å². The van der Waals surface area contributed by atoms with Crippen LogP contribution in [0.15, 0.2) is 22.7 Å². The first-order valence-electron chi connectivity index (χ1n) is 7.30. The molecule has 4 heteroatoms. The third-order valence-electron chi connectivity index (χ3n) is 4.21. The number of nitrogens with two attached hydrogens (primary N) is 1. The second-order valence-electron chi connectivity index (χ2n) is 6.01. The SMILES string of the molecule is Cc1cc(Br)cc(NC(=O)CC2(CN)CCCCC2)c1. The number of anilines is 1. The number of hydrogen-bond donors (Lipinski definition) is 2. The lowest BCUT2D eigenvalue weighted by molar-refractivity contribution is -0.118. The number of aryl methyl sites for hydroxylation is 1. The van der Waals surface area contributed by atoms with Crippen LogP contribution in [0.1, 0.15) is 44.1 Å². The minimum absolute atomic E-state index is 0.0173. The fraction of sp³-hybridized carbons (Fsp3) is 0.562. The Morgan fingerprint density at radius 1 is 1.30 bits per heavy atom. The summed E-state index contributed by atoms with van der Waals surface area (Å²) < 4.78 is 0.985. The van der Waals surface area contributed by atoms with Gasteiger partial charge in [0.25, 0.3) is 0 Å². The molecule has 1 aromatic rings. The highest BCUT2D eigenvalue weighted by atomic mass is 79.9. The fourth-order valence-corrected chi connectivity index (χ4v) is 3.72. The monoisotopic (exact) mass is 338 g/mol. The van der Waals surface area contributed by atoms with Gasteiger partial charge in [-0.2, -0.15) is 0 Å². The smallest absolute Gasteiger partial charge is 0.224 e. The average Bonchev–Trinajstić information content (AvgIpc) is 2.38. The van der Waals surface area contributed by atoms with E-state index in [0.717, 1.165) is 28.6 Å². The third kappa shape index (κ3) is 4.06. The lowest BCUT2D eigenvalue weighted by Crippen LogP contribution is -2.36. The van der Waals surface area contributed by atoms with E-state index in [2.05, 4.69) is 21.2 Å². The van der Waals surface area contributed by atoms with Crippen LogP contribution in [0.2, 0.25) is 0 Å². The van der Waals surface area contributed by atoms with Crippen LogP contribution in [-0.4, -0.2) is 12.5 Å². The maximum absolute atomic E-state index is 12.3. The predicted molar refractivity (Wildman–Crippen MR) is 86.7 cm³/mol. The molecule has 3 N–H and O–H groups in total. The Kier molecular flexibility index (Phi) is 5.22. The summed E-state index contributed by atoms with van der Waals surface area (Å²) in [5.74, 6) is 0.0786. The minimum atomic E-state index is 0.0173. The molecular formula is C16H23BrN2O. The Labute approximate surface area is 129 Å². The standard InChI is InChI=1S/C16H23BrN2O/c1-12-7-13(17)9-14(8-12)19-15(20)10-16(11-18)5-3-2-4-6-16/h7-9H,2-6,10-11,18H2,1H3,(H,19,20). The molecule has 0 saturated heterocycles. The molecule has 2 rings (SSSR count). The molecule has 110 valence electrons. The summed E-state index contributed by atoms with van der Waals surface area (Å²) in [6.07, 6.45) is 6.35. The van der Waals surface area contributed by atoms with E-state index in [1.54, 1.807) is 0 Å². The van der Waals surface area contributed by atoms with E-state index in [9.17, 15) is 4.79 Å². The van der Waals surface area contributed by atoms with Crippen molar-refractivity contribution in [2.24, 2.45) is 11.1 Å². The predicted octanol–water partition coefficient (Wildman–Crippen LogP) is 4.00. The summed E-state index contributed by atoms with van der Waals surface area (Å²) in [6.45, 7) is 2.63. The van der Waals surface area contributed by atoms with Crippen LogP contribution in [0.4, 0.5) is 5.69 Å². The molecule has 0 radical (unpaired) electrons. The Morgan fingerprint density at radius 3 is 2.60 bits per heavy atom. The second kappa shape index (κ2) is 6.72. The number of rotatable bonds is 4. The van der Waals surface area contributed by atoms with E-state index < -0.39 is 0 Å². The Bertz CT molecular complexity index is 461. The van der Waals surface area contributed by atoms with Gasteiger partial charge < -0.3 is 11.1 Å². The summed E-state index contributed by atoms with van der Waals surface area (Å²) >= 11 is 3.45. The van der Waals surface area contributed by atoms with E-state index in [1.165, 1.54) is 19.3 Å². The lowest BCUT2D eigenvalue weighted by atomic mass is 9.71. The zero-order valence-corrected chi connectivity index (χ0v) is 13.6. The minimum Gasteiger partial charge on any atom is -0.330 e. The van der Waals surface area contributed by atoms with E-state index >= 15 is 0 Å². The Morgan fingerprint density at radius 2 is 2.00 bits per heavy atom. The average molecular weight is 339 g/mol. The number of carbonyl (C=O) groups is 1. The number of carbonyl (C=O) groups excluding carboxylic acids is 1. The van der Waals surface area contributed by atoms with E-state index in [1.807, 2.05) is 25.1 Å². The summed E-state index contributed by atoms with van der Waals surface area (Å²) in [6, 6.07) is 5.94. The summed E-state index contributed by atoms with van der Waals surface area (Å²) in [5, 5.41) is 3.01. The first-order valence-corrected chi connectivity index (χ1v) is 8.09. The Balaban J connectivity index is 2.00. The number of benzene rings is 1. The summed E-state index contributed by atoms with van der Waals surface area (Å²) in [4.78, 5) is 12.3. The zero-order chi connectivity index (χ0) is 14.6. The molecule has 0 aromatic heterocycles. The van der Waals surface area contributed by atoms with Gasteiger partial charge in [0.15, 0.2) is 0 Å². The maximum Gasteiger partial charge on any atom is 0.224 e. The van der Waals surface area contributed by atoms with Crippen LogP contribution in [0.25, 0.3) is 0 Å². The molecule has 1 aliphatic carbocycles. The van der Waals surface area contributed by atoms with Crippen LogP contribution in [-0.2, 0) is 4.79 Å². The molecule has 0 aliphatic heterocycles. The summed E-state index contributed by atoms with van der Waals surface area (Å²) in [7, 11) is 0. The van der Waals surface area contributed by atoms with Crippen molar-refractivity contribution in [2.75, 3.05) is 11.9 Å². The molecule has 20 heavy (non-hydrogen) atoms. The van der Waals surface area contributed by atoms with Gasteiger partial charge in [-0.15, -0.1) is 0 Å². The first kappa shape index (κ1) is 15.5. The van der Waals surface area contributed by atoms with Crippen molar-refractivity contribution in [1.29, 1.82) is 0 Å². The van der Waals surface area contributed by atoms with Crippen molar-refractivity contribution in [1.82, 2.24) is 0 Å². The fourth-order valence-electron chi connectivity index (χ4n) is 3.11. The highest BCUT2D eigenvalue weighted by Gasteiger charge is 2.32. The maximum atomic E-state index is 12.3. The van der Waals surface area contributed by atoms with Crippen molar-refractivity contribution in [2.45, 2.75) is 45.4 Å². The van der Waals surface area contributed by atoms with Gasteiger partial charge in [-0.3, -0.25) is 4.79 Å². The lowest BCUT2D eigenvalue weighted by Gasteiger charge is -2.35. The zero-order valence-electron chi connectivity index (χ0n) is 12.0. The Hall–Kier alpha value is -0.870. The molecule has 0 atom stereocenters. The first-order chi connectivity index (χ1) is 9.53. The van der Waals surface area contributed by atoms with Crippen LogP contribution in [0, 0.1) is 12.3 Å². The van der Waals surface area contributed by atoms with Gasteiger partial charge in [-0.25, -0.2) is 0 Å². The number of halogens is 1. The van der Waals surface area contributed by atoms with E-state index in [0.29, 0.717) is 13.0 Å². The molecule has 1 amide bonds. The van der Waals surface area contributed by atoms with Crippen molar-refractivity contribution in [3.63, 3.8) is 0 Å². The van der Waals surface area contributed by atoms with E-state index in [4.69, 9.17) is 5.73 Å². The largest absolute Gasteiger partial charge is 0.330 e. The van der Waals surface area contributed by atoms with Crippen LogP contribution in [0.5, 0.6) is 0 Å². The molecule has 1 aliphatic rings. The van der Waals surface area contributed by atoms with Gasteiger partial charge in [0.05, 0.1) is 0 Å². The topological polar surface area (TPSA) is 55.1 Å². The molecule has 0 spiro atoms. The quantitative estimate of drug-likeness (QED) is 0.871. The van der Waals surface area contributed by atoms with Gasteiger partial charge in [-0.05, 0) is 55.5 Å². The highest BCUT2D eigenvalue weighted by molar-refractivity contribution is 9.10. The molecule has 0 unspecified atom stereocenters. The molecule has 1 aromatic carbocycles. The molecule has 0 heterocycles. The second-order valence-corrected chi connectivity index (χ2v) is 6.92. The van der Waals surface area contributed by atoms with Crippen molar-refractivity contribution in [3.8, 4) is 0 Å². The van der Waals surface area contributed by atoms with E-state index in [-0.39, 0.29) is 11.3 Å². The number of amides is 1. The molecule has 3 nitrogen and oxygen atoms in total. The molecular weight excluding hydrogens is 316 g/mol. The molecule has 1 saturated carbocycles. The van der Waals surface area contributed by atoms with Gasteiger partial charge in [0, 0.05) is 16.6 Å². The van der Waals surface area contributed by atoms with Crippen LogP contribution >= 0.6 is 15.9 Å². The normalized spacial score (nSPS) is 17.8. The third-order valence-corrected chi connectivity index (χ3v) is 4.67. The van der Waals surface area contributed by atoms with Crippen LogP contribution < -0.4 is 11.1 Å². The van der Waals surface area contributed by atoms with Gasteiger partial charge in [0.2, 0.25) is 5.91 Å². The number of hydrogen-bond acceptors (Lipinski definition) is 2. The van der Waals surface area contributed by atoms with Crippen LogP contribution in [0.3, 0.4) is 0 Å². The molecule has 1 fully saturated rings. The van der Waals surface area contributed by atoms with Crippen molar-refractivity contribution < 1.29 is 4.79 Å². The van der Waals surface area contributed by atoms with Crippen molar-refractivity contribution in [3.05, 3.63) is 28.2 Å². The molecule has 0 bridgehead atoms. The number of nitrogens with one attached hydrogen (secondary N) is 1. The summed E-state index contributed by atoms with van der Waals surface area (Å²) in [5.41, 5.74) is 7.94. The highest BCUT2D eigenvalue weighted by Crippen LogP contribution is 2.38. The van der Waals surface area contributed by atoms with Gasteiger partial charge in [-0.1, -0.05) is 35.2 Å².